The summed E-state index contributed by atoms with van der Waals surface area (Å²) in [6.07, 6.45) is 2.97. The van der Waals surface area contributed by atoms with Gasteiger partial charge < -0.3 is 14.2 Å². The summed E-state index contributed by atoms with van der Waals surface area (Å²) in [4.78, 5) is 37.7. The van der Waals surface area contributed by atoms with Crippen molar-refractivity contribution in [1.29, 1.82) is 0 Å². The number of nitro groups is 1. The van der Waals surface area contributed by atoms with Gasteiger partial charge in [0.05, 0.1) is 11.5 Å². The van der Waals surface area contributed by atoms with E-state index in [0.29, 0.717) is 32.5 Å². The Bertz CT molecular complexity index is 1090. The maximum Gasteiger partial charge on any atom is 0.334 e. The summed E-state index contributed by atoms with van der Waals surface area (Å²) >= 11 is 0. The Kier molecular flexibility index (Phi) is 4.56. The zero-order valence-corrected chi connectivity index (χ0v) is 16.6. The Morgan fingerprint density at radius 1 is 1.20 bits per heavy atom. The maximum atomic E-state index is 12.9. The number of nitrogens with zero attached hydrogens (tertiary/aromatic N) is 3. The topological polar surface area (TPSA) is 94.7 Å². The zero-order chi connectivity index (χ0) is 20.8. The van der Waals surface area contributed by atoms with Gasteiger partial charge in [0.1, 0.15) is 5.75 Å². The van der Waals surface area contributed by atoms with Crippen LogP contribution in [0.2, 0.25) is 0 Å². The molecule has 8 nitrogen and oxygen atoms in total. The third-order valence-electron chi connectivity index (χ3n) is 6.51. The van der Waals surface area contributed by atoms with Crippen molar-refractivity contribution in [2.24, 2.45) is 5.92 Å². The molecule has 0 spiro atoms. The number of aryl methyl sites for hydroxylation is 1. The van der Waals surface area contributed by atoms with Crippen LogP contribution in [0.3, 0.4) is 0 Å². The Balaban J connectivity index is 1.28. The average molecular weight is 409 g/mol. The minimum atomic E-state index is -0.624. The molecule has 2 aromatic rings. The van der Waals surface area contributed by atoms with Crippen LogP contribution in [-0.2, 0) is 24.2 Å². The second kappa shape index (κ2) is 7.27. The van der Waals surface area contributed by atoms with Gasteiger partial charge >= 0.3 is 11.2 Å². The zero-order valence-electron chi connectivity index (χ0n) is 16.6. The molecule has 8 heteroatoms. The molecular formula is C22H23N3O5. The van der Waals surface area contributed by atoms with E-state index in [2.05, 4.69) is 6.07 Å². The molecule has 0 radical (unpaired) electrons. The molecule has 4 heterocycles. The molecule has 0 N–H and O–H groups in total. The van der Waals surface area contributed by atoms with Crippen molar-refractivity contribution in [1.82, 2.24) is 9.47 Å². The van der Waals surface area contributed by atoms with Crippen molar-refractivity contribution in [2.75, 3.05) is 19.7 Å². The lowest BCUT2D eigenvalue weighted by Gasteiger charge is -2.42. The van der Waals surface area contributed by atoms with Crippen molar-refractivity contribution >= 4 is 11.6 Å². The van der Waals surface area contributed by atoms with E-state index in [-0.39, 0.29) is 23.4 Å². The summed E-state index contributed by atoms with van der Waals surface area (Å²) in [6.45, 7) is 2.31. The molecule has 0 unspecified atom stereocenters. The lowest BCUT2D eigenvalue weighted by molar-refractivity contribution is -0.386. The van der Waals surface area contributed by atoms with E-state index >= 15 is 0 Å². The van der Waals surface area contributed by atoms with Gasteiger partial charge in [0.25, 0.3) is 0 Å². The number of fused-ring (bicyclic) bond motifs is 5. The highest BCUT2D eigenvalue weighted by atomic mass is 16.6. The second-order valence-corrected chi connectivity index (χ2v) is 8.45. The summed E-state index contributed by atoms with van der Waals surface area (Å²) < 4.78 is 7.08. The summed E-state index contributed by atoms with van der Waals surface area (Å²) in [5, 5.41) is 11.1. The molecule has 1 aromatic heterocycles. The SMILES string of the molecule is O=C(CCc1ccc2c(c1)CCO2)N1C[C@@H]2C[C@H](C1)c1ccc([N+](=O)[O-])c(=O)n1C2. The molecule has 0 saturated carbocycles. The largest absolute Gasteiger partial charge is 0.493 e. The quantitative estimate of drug-likeness (QED) is 0.570. The first-order chi connectivity index (χ1) is 14.5. The Labute approximate surface area is 173 Å². The molecule has 1 aromatic carbocycles. The fraction of sp³-hybridized carbons (Fsp3) is 0.455. The highest BCUT2D eigenvalue weighted by Crippen LogP contribution is 2.36. The lowest BCUT2D eigenvalue weighted by Crippen LogP contribution is -2.49. The summed E-state index contributed by atoms with van der Waals surface area (Å²) in [7, 11) is 0. The number of ether oxygens (including phenoxy) is 1. The van der Waals surface area contributed by atoms with Gasteiger partial charge in [0.2, 0.25) is 5.91 Å². The summed E-state index contributed by atoms with van der Waals surface area (Å²) in [5.74, 6) is 1.27. The van der Waals surface area contributed by atoms with E-state index in [1.165, 1.54) is 11.6 Å². The smallest absolute Gasteiger partial charge is 0.334 e. The van der Waals surface area contributed by atoms with Gasteiger partial charge in [0, 0.05) is 50.2 Å². The number of benzene rings is 1. The highest BCUT2D eigenvalue weighted by Gasteiger charge is 2.37. The van der Waals surface area contributed by atoms with E-state index in [1.807, 2.05) is 17.0 Å². The van der Waals surface area contributed by atoms with Crippen LogP contribution in [0, 0.1) is 16.0 Å². The van der Waals surface area contributed by atoms with E-state index in [1.54, 1.807) is 10.6 Å². The van der Waals surface area contributed by atoms with Gasteiger partial charge in [-0.05, 0) is 42.0 Å². The Morgan fingerprint density at radius 3 is 2.90 bits per heavy atom. The first-order valence-corrected chi connectivity index (χ1v) is 10.4. The number of hydrogen-bond donors (Lipinski definition) is 0. The molecule has 156 valence electrons. The predicted molar refractivity (Wildman–Crippen MR) is 109 cm³/mol. The van der Waals surface area contributed by atoms with Gasteiger partial charge in [-0.25, -0.2) is 0 Å². The van der Waals surface area contributed by atoms with E-state index in [9.17, 15) is 19.7 Å². The average Bonchev–Trinajstić information content (AvgIpc) is 3.20. The number of aromatic nitrogens is 1. The molecule has 1 amide bonds. The van der Waals surface area contributed by atoms with Crippen LogP contribution in [0.5, 0.6) is 5.75 Å². The fourth-order valence-corrected chi connectivity index (χ4v) is 5.08. The van der Waals surface area contributed by atoms with Crippen molar-refractivity contribution in [2.45, 2.75) is 38.1 Å². The molecule has 2 bridgehead atoms. The van der Waals surface area contributed by atoms with Crippen LogP contribution < -0.4 is 10.3 Å². The van der Waals surface area contributed by atoms with Crippen LogP contribution in [0.1, 0.15) is 35.6 Å². The minimum absolute atomic E-state index is 0.0482. The van der Waals surface area contributed by atoms with Crippen LogP contribution in [0.4, 0.5) is 5.69 Å². The van der Waals surface area contributed by atoms with Gasteiger partial charge in [-0.1, -0.05) is 12.1 Å². The van der Waals surface area contributed by atoms with Gasteiger partial charge in [-0.15, -0.1) is 0 Å². The van der Waals surface area contributed by atoms with Crippen LogP contribution >= 0.6 is 0 Å². The van der Waals surface area contributed by atoms with Crippen LogP contribution in [0.15, 0.2) is 35.1 Å². The number of carbonyl (C=O) groups is 1. The normalized spacial score (nSPS) is 21.5. The molecule has 1 saturated heterocycles. The molecule has 1 fully saturated rings. The molecule has 2 atom stereocenters. The van der Waals surface area contributed by atoms with Crippen LogP contribution in [-0.4, -0.2) is 40.0 Å². The van der Waals surface area contributed by atoms with E-state index in [4.69, 9.17) is 4.74 Å². The predicted octanol–water partition coefficient (Wildman–Crippen LogP) is 2.27. The number of piperidine rings is 1. The van der Waals surface area contributed by atoms with Crippen molar-refractivity contribution in [3.8, 4) is 5.75 Å². The van der Waals surface area contributed by atoms with Gasteiger partial charge in [-0.3, -0.25) is 19.7 Å². The summed E-state index contributed by atoms with van der Waals surface area (Å²) in [5.41, 5.74) is 2.24. The van der Waals surface area contributed by atoms with Crippen molar-refractivity contribution in [3.05, 3.63) is 67.6 Å². The number of hydrogen-bond acceptors (Lipinski definition) is 5. The first kappa shape index (κ1) is 18.8. The fourth-order valence-electron chi connectivity index (χ4n) is 5.08. The molecule has 3 aliphatic heterocycles. The van der Waals surface area contributed by atoms with Crippen molar-refractivity contribution < 1.29 is 14.5 Å². The lowest BCUT2D eigenvalue weighted by atomic mass is 9.83. The number of carbonyl (C=O) groups excluding carboxylic acids is 1. The molecule has 5 rings (SSSR count). The Morgan fingerprint density at radius 2 is 2.07 bits per heavy atom. The van der Waals surface area contributed by atoms with E-state index in [0.717, 1.165) is 36.5 Å². The maximum absolute atomic E-state index is 12.9. The van der Waals surface area contributed by atoms with Gasteiger partial charge in [-0.2, -0.15) is 0 Å². The Hall–Kier alpha value is -3.16. The summed E-state index contributed by atoms with van der Waals surface area (Å²) in [6, 6.07) is 9.13. The number of amides is 1. The molecule has 30 heavy (non-hydrogen) atoms. The molecular weight excluding hydrogens is 386 g/mol. The minimum Gasteiger partial charge on any atom is -0.493 e. The first-order valence-electron chi connectivity index (χ1n) is 10.4. The monoisotopic (exact) mass is 409 g/mol. The standard InChI is InChI=1S/C22H23N3O5/c26-21(6-2-14-1-5-20-16(9-14)7-8-30-20)23-11-15-10-17(13-23)18-3-4-19(25(28)29)22(27)24(18)12-15/h1,3-5,9,15,17H,2,6-8,10-13H2/t15-,17+/m0/s1. The third kappa shape index (κ3) is 3.26. The third-order valence-corrected chi connectivity index (χ3v) is 6.51. The second-order valence-electron chi connectivity index (χ2n) is 8.45. The van der Waals surface area contributed by atoms with E-state index < -0.39 is 10.5 Å². The van der Waals surface area contributed by atoms with Crippen molar-refractivity contribution in [3.63, 3.8) is 0 Å². The number of likely N-dealkylation sites (tertiary alicyclic amines) is 1. The highest BCUT2D eigenvalue weighted by molar-refractivity contribution is 5.76. The van der Waals surface area contributed by atoms with Gasteiger partial charge in [0.15, 0.2) is 0 Å². The number of pyridine rings is 1. The molecule has 3 aliphatic rings. The van der Waals surface area contributed by atoms with Crippen LogP contribution in [0.25, 0.3) is 0 Å². The molecule has 0 aliphatic carbocycles. The number of rotatable bonds is 4.